The van der Waals surface area contributed by atoms with Crippen LogP contribution in [0.2, 0.25) is 0 Å². The molecule has 0 atom stereocenters. The van der Waals surface area contributed by atoms with Gasteiger partial charge in [0.15, 0.2) is 0 Å². The van der Waals surface area contributed by atoms with Crippen molar-refractivity contribution >= 4 is 5.91 Å². The number of imidazole rings is 1. The van der Waals surface area contributed by atoms with E-state index >= 15 is 0 Å². The number of benzene rings is 2. The molecular weight excluding hydrogens is 376 g/mol. The van der Waals surface area contributed by atoms with Crippen LogP contribution in [0.25, 0.3) is 0 Å². The highest BCUT2D eigenvalue weighted by Gasteiger charge is 2.16. The van der Waals surface area contributed by atoms with E-state index in [0.717, 1.165) is 50.1 Å². The Kier molecular flexibility index (Phi) is 6.57. The Morgan fingerprint density at radius 1 is 0.967 bits per heavy atom. The van der Waals surface area contributed by atoms with Gasteiger partial charge in [0.05, 0.1) is 12.4 Å². The molecule has 2 N–H and O–H groups in total. The zero-order chi connectivity index (χ0) is 20.8. The smallest absolute Gasteiger partial charge is 0.251 e. The Balaban J connectivity index is 1.25. The van der Waals surface area contributed by atoms with Gasteiger partial charge in [-0.2, -0.15) is 0 Å². The fraction of sp³-hybridized carbons (Fsp3) is 0.333. The van der Waals surface area contributed by atoms with Crippen LogP contribution in [0.15, 0.2) is 67.3 Å². The summed E-state index contributed by atoms with van der Waals surface area (Å²) >= 11 is 0. The first-order valence-electron chi connectivity index (χ1n) is 10.5. The summed E-state index contributed by atoms with van der Waals surface area (Å²) in [7, 11) is 0. The van der Waals surface area contributed by atoms with E-state index in [-0.39, 0.29) is 12.0 Å². The summed E-state index contributed by atoms with van der Waals surface area (Å²) < 4.78 is 1.99. The van der Waals surface area contributed by atoms with Crippen LogP contribution in [0.1, 0.15) is 39.9 Å². The van der Waals surface area contributed by atoms with Crippen LogP contribution in [0.5, 0.6) is 0 Å². The number of aromatic nitrogens is 2. The van der Waals surface area contributed by atoms with Crippen LogP contribution in [0, 0.1) is 0 Å². The monoisotopic (exact) mass is 404 g/mol. The highest BCUT2D eigenvalue weighted by molar-refractivity contribution is 5.94. The van der Waals surface area contributed by atoms with Gasteiger partial charge in [-0.3, -0.25) is 9.69 Å². The second kappa shape index (κ2) is 9.69. The van der Waals surface area contributed by atoms with Crippen molar-refractivity contribution in [2.75, 3.05) is 13.1 Å². The molecule has 3 aromatic rings. The number of aliphatic hydroxyl groups excluding tert-OH is 1. The van der Waals surface area contributed by atoms with Gasteiger partial charge in [0.25, 0.3) is 5.91 Å². The Labute approximate surface area is 177 Å². The molecule has 0 saturated carbocycles. The van der Waals surface area contributed by atoms with E-state index in [1.807, 2.05) is 35.0 Å². The Morgan fingerprint density at radius 3 is 2.27 bits per heavy atom. The number of hydrogen-bond acceptors (Lipinski definition) is 4. The lowest BCUT2D eigenvalue weighted by atomic mass is 10.1. The third kappa shape index (κ3) is 5.55. The van der Waals surface area contributed by atoms with Gasteiger partial charge in [0, 0.05) is 50.7 Å². The van der Waals surface area contributed by atoms with Gasteiger partial charge < -0.3 is 15.0 Å². The van der Waals surface area contributed by atoms with Gasteiger partial charge in [0.2, 0.25) is 0 Å². The van der Waals surface area contributed by atoms with Crippen molar-refractivity contribution in [1.29, 1.82) is 0 Å². The molecule has 1 aliphatic rings. The molecule has 1 aromatic heterocycles. The normalized spacial score (nSPS) is 15.2. The standard InChI is InChI=1S/C24H28N4O2/c29-23-9-12-27(13-10-23)16-20-3-1-19(2-4-20)15-26-24(30)22-7-5-21(6-8-22)17-28-14-11-25-18-28/h1-8,11,14,18,23,29H,9-10,12-13,15-17H2,(H,26,30). The second-order valence-corrected chi connectivity index (χ2v) is 7.94. The van der Waals surface area contributed by atoms with Crippen LogP contribution in [-0.2, 0) is 19.6 Å². The highest BCUT2D eigenvalue weighted by atomic mass is 16.3. The minimum atomic E-state index is -0.139. The average molecular weight is 405 g/mol. The predicted molar refractivity (Wildman–Crippen MR) is 116 cm³/mol. The van der Waals surface area contributed by atoms with E-state index < -0.39 is 0 Å². The van der Waals surface area contributed by atoms with E-state index in [2.05, 4.69) is 39.5 Å². The number of piperidine rings is 1. The third-order valence-electron chi connectivity index (χ3n) is 5.58. The maximum atomic E-state index is 12.4. The van der Waals surface area contributed by atoms with E-state index in [1.54, 1.807) is 12.5 Å². The predicted octanol–water partition coefficient (Wildman–Crippen LogP) is 2.82. The van der Waals surface area contributed by atoms with Crippen molar-refractivity contribution in [2.45, 2.75) is 38.6 Å². The lowest BCUT2D eigenvalue weighted by Crippen LogP contribution is -2.35. The first-order valence-corrected chi connectivity index (χ1v) is 10.5. The van der Waals surface area contributed by atoms with Crippen LogP contribution in [-0.4, -0.2) is 44.7 Å². The summed E-state index contributed by atoms with van der Waals surface area (Å²) in [6, 6.07) is 16.1. The summed E-state index contributed by atoms with van der Waals surface area (Å²) in [6.45, 7) is 4.04. The number of carbonyl (C=O) groups is 1. The van der Waals surface area contributed by atoms with Gasteiger partial charge in [-0.25, -0.2) is 4.98 Å². The van der Waals surface area contributed by atoms with Gasteiger partial charge >= 0.3 is 0 Å². The molecule has 0 radical (unpaired) electrons. The summed E-state index contributed by atoms with van der Waals surface area (Å²) in [5.74, 6) is -0.0693. The molecule has 0 spiro atoms. The number of likely N-dealkylation sites (tertiary alicyclic amines) is 1. The number of aliphatic hydroxyl groups is 1. The minimum Gasteiger partial charge on any atom is -0.393 e. The molecule has 6 nitrogen and oxygen atoms in total. The number of nitrogens with zero attached hydrogens (tertiary/aromatic N) is 3. The zero-order valence-corrected chi connectivity index (χ0v) is 17.1. The minimum absolute atomic E-state index is 0.0693. The van der Waals surface area contributed by atoms with E-state index in [1.165, 1.54) is 5.56 Å². The summed E-state index contributed by atoms with van der Waals surface area (Å²) in [5, 5.41) is 12.6. The van der Waals surface area contributed by atoms with Gasteiger partial charge in [0.1, 0.15) is 0 Å². The van der Waals surface area contributed by atoms with Crippen LogP contribution >= 0.6 is 0 Å². The first kappa shape index (κ1) is 20.3. The lowest BCUT2D eigenvalue weighted by Gasteiger charge is -2.29. The van der Waals surface area contributed by atoms with Crippen LogP contribution < -0.4 is 5.32 Å². The molecule has 1 amide bonds. The molecule has 4 rings (SSSR count). The Hall–Kier alpha value is -2.96. The number of amides is 1. The SMILES string of the molecule is O=C(NCc1ccc(CN2CCC(O)CC2)cc1)c1ccc(Cn2ccnc2)cc1. The molecule has 0 unspecified atom stereocenters. The Bertz CT molecular complexity index is 928. The van der Waals surface area contributed by atoms with Crippen molar-refractivity contribution in [3.8, 4) is 0 Å². The highest BCUT2D eigenvalue weighted by Crippen LogP contribution is 2.14. The topological polar surface area (TPSA) is 70.4 Å². The number of nitrogens with one attached hydrogen (secondary N) is 1. The first-order chi connectivity index (χ1) is 14.7. The average Bonchev–Trinajstić information content (AvgIpc) is 3.28. The summed E-state index contributed by atoms with van der Waals surface area (Å²) in [4.78, 5) is 18.9. The maximum Gasteiger partial charge on any atom is 0.251 e. The maximum absolute atomic E-state index is 12.4. The summed E-state index contributed by atoms with van der Waals surface area (Å²) in [6.07, 6.45) is 7.03. The van der Waals surface area contributed by atoms with E-state index in [9.17, 15) is 9.90 Å². The van der Waals surface area contributed by atoms with Gasteiger partial charge in [-0.05, 0) is 41.7 Å². The zero-order valence-electron chi connectivity index (χ0n) is 17.1. The number of rotatable bonds is 7. The van der Waals surface area contributed by atoms with Crippen molar-refractivity contribution in [1.82, 2.24) is 19.8 Å². The number of hydrogen-bond donors (Lipinski definition) is 2. The Morgan fingerprint density at radius 2 is 1.60 bits per heavy atom. The molecular formula is C24H28N4O2. The molecule has 2 aromatic carbocycles. The summed E-state index contributed by atoms with van der Waals surface area (Å²) in [5.41, 5.74) is 4.13. The van der Waals surface area contributed by atoms with Crippen LogP contribution in [0.4, 0.5) is 0 Å². The third-order valence-corrected chi connectivity index (χ3v) is 5.58. The van der Waals surface area contributed by atoms with Crippen molar-refractivity contribution in [2.24, 2.45) is 0 Å². The largest absolute Gasteiger partial charge is 0.393 e. The number of carbonyl (C=O) groups excluding carboxylic acids is 1. The molecule has 30 heavy (non-hydrogen) atoms. The quantitative estimate of drug-likeness (QED) is 0.635. The van der Waals surface area contributed by atoms with E-state index in [4.69, 9.17) is 0 Å². The molecule has 1 aliphatic heterocycles. The molecule has 6 heteroatoms. The second-order valence-electron chi connectivity index (χ2n) is 7.94. The fourth-order valence-corrected chi connectivity index (χ4v) is 3.74. The lowest BCUT2D eigenvalue weighted by molar-refractivity contribution is 0.0792. The molecule has 156 valence electrons. The molecule has 0 bridgehead atoms. The molecule has 2 heterocycles. The van der Waals surface area contributed by atoms with Crippen LogP contribution in [0.3, 0.4) is 0 Å². The van der Waals surface area contributed by atoms with Crippen molar-refractivity contribution < 1.29 is 9.90 Å². The van der Waals surface area contributed by atoms with Gasteiger partial charge in [-0.1, -0.05) is 36.4 Å². The van der Waals surface area contributed by atoms with E-state index in [0.29, 0.717) is 12.1 Å². The molecule has 1 saturated heterocycles. The fourth-order valence-electron chi connectivity index (χ4n) is 3.74. The van der Waals surface area contributed by atoms with Crippen molar-refractivity contribution in [3.05, 3.63) is 89.5 Å². The molecule has 0 aliphatic carbocycles. The van der Waals surface area contributed by atoms with Gasteiger partial charge in [-0.15, -0.1) is 0 Å². The molecule has 1 fully saturated rings. The van der Waals surface area contributed by atoms with Crippen molar-refractivity contribution in [3.63, 3.8) is 0 Å².